The summed E-state index contributed by atoms with van der Waals surface area (Å²) in [5.74, 6) is -0.116. The monoisotopic (exact) mass is 570 g/mol. The van der Waals surface area contributed by atoms with Crippen LogP contribution in [0, 0.1) is 3.57 Å². The number of sulfonamides is 1. The van der Waals surface area contributed by atoms with E-state index in [4.69, 9.17) is 16.3 Å². The lowest BCUT2D eigenvalue weighted by Gasteiger charge is -2.26. The average Bonchev–Trinajstić information content (AvgIpc) is 2.75. The van der Waals surface area contributed by atoms with Gasteiger partial charge in [0, 0.05) is 14.3 Å². The zero-order valence-corrected chi connectivity index (χ0v) is 20.3. The van der Waals surface area contributed by atoms with Gasteiger partial charge in [0.15, 0.2) is 0 Å². The first-order valence-electron chi connectivity index (χ1n) is 9.37. The van der Waals surface area contributed by atoms with Crippen LogP contribution >= 0.6 is 34.2 Å². The summed E-state index contributed by atoms with van der Waals surface area (Å²) in [6, 6.07) is 19.7. The van der Waals surface area contributed by atoms with Crippen LogP contribution in [0.2, 0.25) is 5.02 Å². The van der Waals surface area contributed by atoms with E-state index in [1.807, 2.05) is 12.1 Å². The molecule has 0 unspecified atom stereocenters. The molecule has 0 saturated carbocycles. The summed E-state index contributed by atoms with van der Waals surface area (Å²) in [5, 5.41) is 3.16. The van der Waals surface area contributed by atoms with Crippen molar-refractivity contribution in [3.63, 3.8) is 0 Å². The van der Waals surface area contributed by atoms with Crippen molar-refractivity contribution in [3.8, 4) is 5.75 Å². The second-order valence-electron chi connectivity index (χ2n) is 6.42. The molecule has 0 radical (unpaired) electrons. The molecule has 9 heteroatoms. The molecule has 0 aliphatic heterocycles. The Morgan fingerprint density at radius 1 is 1.03 bits per heavy atom. The Morgan fingerprint density at radius 2 is 1.68 bits per heavy atom. The van der Waals surface area contributed by atoms with E-state index >= 15 is 0 Å². The summed E-state index contributed by atoms with van der Waals surface area (Å²) in [4.78, 5) is 12.8. The minimum absolute atomic E-state index is 0.0188. The van der Waals surface area contributed by atoms with Gasteiger partial charge in [-0.2, -0.15) is 0 Å². The molecule has 1 amide bonds. The van der Waals surface area contributed by atoms with E-state index in [1.165, 1.54) is 24.3 Å². The predicted octanol–water partition coefficient (Wildman–Crippen LogP) is 5.18. The SMILES string of the molecule is CCOc1ccccc1N(CC(=O)Nc1ccc(I)cc1)S(=O)(=O)c1ccc(Cl)cc1. The van der Waals surface area contributed by atoms with Gasteiger partial charge >= 0.3 is 0 Å². The number of hydrogen-bond acceptors (Lipinski definition) is 4. The molecule has 0 aliphatic rings. The van der Waals surface area contributed by atoms with Crippen molar-refractivity contribution in [1.82, 2.24) is 0 Å². The van der Waals surface area contributed by atoms with Crippen molar-refractivity contribution >= 4 is 61.5 Å². The van der Waals surface area contributed by atoms with Gasteiger partial charge in [-0.05, 0) is 90.2 Å². The van der Waals surface area contributed by atoms with Crippen molar-refractivity contribution in [2.45, 2.75) is 11.8 Å². The standard InChI is InChI=1S/C22H20ClIN2O4S/c1-2-30-21-6-4-3-5-20(21)26(31(28,29)19-13-7-16(23)8-14-19)15-22(27)25-18-11-9-17(24)10-12-18/h3-14H,2,15H2,1H3,(H,25,27). The van der Waals surface area contributed by atoms with Crippen LogP contribution in [0.25, 0.3) is 0 Å². The number of ether oxygens (including phenoxy) is 1. The maximum absolute atomic E-state index is 13.5. The normalized spacial score (nSPS) is 11.1. The first-order valence-corrected chi connectivity index (χ1v) is 12.3. The van der Waals surface area contributed by atoms with Crippen LogP contribution in [0.3, 0.4) is 0 Å². The average molecular weight is 571 g/mol. The fraction of sp³-hybridized carbons (Fsp3) is 0.136. The Labute approximate surface area is 200 Å². The van der Waals surface area contributed by atoms with Crippen molar-refractivity contribution in [3.05, 3.63) is 81.4 Å². The minimum atomic E-state index is -4.07. The molecule has 3 aromatic rings. The summed E-state index contributed by atoms with van der Waals surface area (Å²) >= 11 is 8.08. The van der Waals surface area contributed by atoms with E-state index in [9.17, 15) is 13.2 Å². The van der Waals surface area contributed by atoms with Gasteiger partial charge in [-0.15, -0.1) is 0 Å². The predicted molar refractivity (Wildman–Crippen MR) is 131 cm³/mol. The molecule has 0 aromatic heterocycles. The second kappa shape index (κ2) is 10.3. The van der Waals surface area contributed by atoms with E-state index in [0.29, 0.717) is 23.1 Å². The maximum Gasteiger partial charge on any atom is 0.264 e. The second-order valence-corrected chi connectivity index (χ2v) is 9.97. The lowest BCUT2D eigenvalue weighted by Crippen LogP contribution is -2.38. The van der Waals surface area contributed by atoms with Gasteiger partial charge < -0.3 is 10.1 Å². The van der Waals surface area contributed by atoms with Gasteiger partial charge in [-0.25, -0.2) is 8.42 Å². The van der Waals surface area contributed by atoms with Gasteiger partial charge in [0.25, 0.3) is 10.0 Å². The Bertz CT molecular complexity index is 1150. The van der Waals surface area contributed by atoms with Crippen molar-refractivity contribution in [2.24, 2.45) is 0 Å². The van der Waals surface area contributed by atoms with Crippen LogP contribution in [0.5, 0.6) is 5.75 Å². The Balaban J connectivity index is 1.99. The third-order valence-corrected chi connectivity index (χ3v) is 7.00. The number of benzene rings is 3. The van der Waals surface area contributed by atoms with Crippen LogP contribution in [0.15, 0.2) is 77.7 Å². The number of anilines is 2. The van der Waals surface area contributed by atoms with Gasteiger partial charge in [0.1, 0.15) is 12.3 Å². The maximum atomic E-state index is 13.5. The highest BCUT2D eigenvalue weighted by Crippen LogP contribution is 2.32. The molecule has 162 valence electrons. The zero-order valence-electron chi connectivity index (χ0n) is 16.6. The molecule has 31 heavy (non-hydrogen) atoms. The van der Waals surface area contributed by atoms with Crippen LogP contribution < -0.4 is 14.4 Å². The molecule has 0 spiro atoms. The van der Waals surface area contributed by atoms with Gasteiger partial charge in [-0.1, -0.05) is 23.7 Å². The highest BCUT2D eigenvalue weighted by Gasteiger charge is 2.29. The van der Waals surface area contributed by atoms with Gasteiger partial charge in [0.2, 0.25) is 5.91 Å². The fourth-order valence-corrected chi connectivity index (χ4v) is 4.76. The third-order valence-electron chi connectivity index (χ3n) is 4.25. The Morgan fingerprint density at radius 3 is 2.32 bits per heavy atom. The van der Waals surface area contributed by atoms with E-state index in [2.05, 4.69) is 27.9 Å². The van der Waals surface area contributed by atoms with Gasteiger partial charge in [0.05, 0.1) is 17.2 Å². The van der Waals surface area contributed by atoms with Crippen LogP contribution in [-0.4, -0.2) is 27.5 Å². The van der Waals surface area contributed by atoms with Crippen molar-refractivity contribution in [1.29, 1.82) is 0 Å². The molecule has 3 rings (SSSR count). The molecular weight excluding hydrogens is 551 g/mol. The number of hydrogen-bond donors (Lipinski definition) is 1. The van der Waals surface area contributed by atoms with Crippen molar-refractivity contribution in [2.75, 3.05) is 22.8 Å². The molecular formula is C22H20ClIN2O4S. The summed E-state index contributed by atoms with van der Waals surface area (Å²) in [6.45, 7) is 1.72. The number of halogens is 2. The molecule has 0 aliphatic carbocycles. The van der Waals surface area contributed by atoms with E-state index in [0.717, 1.165) is 7.88 Å². The first-order chi connectivity index (χ1) is 14.8. The Kier molecular flexibility index (Phi) is 7.79. The lowest BCUT2D eigenvalue weighted by molar-refractivity contribution is -0.114. The minimum Gasteiger partial charge on any atom is -0.492 e. The number of carbonyl (C=O) groups is 1. The topological polar surface area (TPSA) is 75.7 Å². The third kappa shape index (κ3) is 5.90. The quantitative estimate of drug-likeness (QED) is 0.379. The molecule has 3 aromatic carbocycles. The zero-order chi connectivity index (χ0) is 22.4. The van der Waals surface area contributed by atoms with Crippen LogP contribution in [0.4, 0.5) is 11.4 Å². The first kappa shape index (κ1) is 23.4. The highest BCUT2D eigenvalue weighted by molar-refractivity contribution is 14.1. The molecule has 0 saturated heterocycles. The van der Waals surface area contributed by atoms with Crippen LogP contribution in [-0.2, 0) is 14.8 Å². The number of carbonyl (C=O) groups excluding carboxylic acids is 1. The molecule has 0 bridgehead atoms. The van der Waals surface area contributed by atoms with Crippen molar-refractivity contribution < 1.29 is 17.9 Å². The summed E-state index contributed by atoms with van der Waals surface area (Å²) < 4.78 is 34.6. The molecule has 0 fully saturated rings. The smallest absolute Gasteiger partial charge is 0.264 e. The molecule has 1 N–H and O–H groups in total. The lowest BCUT2D eigenvalue weighted by atomic mass is 10.3. The molecule has 0 heterocycles. The summed E-state index contributed by atoms with van der Waals surface area (Å²) in [7, 11) is -4.07. The number of nitrogens with zero attached hydrogens (tertiary/aromatic N) is 1. The van der Waals surface area contributed by atoms with Gasteiger partial charge in [-0.3, -0.25) is 9.10 Å². The number of amides is 1. The van der Waals surface area contributed by atoms with Crippen LogP contribution in [0.1, 0.15) is 6.92 Å². The summed E-state index contributed by atoms with van der Waals surface area (Å²) in [6.07, 6.45) is 0. The molecule has 6 nitrogen and oxygen atoms in total. The largest absolute Gasteiger partial charge is 0.492 e. The molecule has 0 atom stereocenters. The number of nitrogens with one attached hydrogen (secondary N) is 1. The van der Waals surface area contributed by atoms with E-state index < -0.39 is 22.5 Å². The van der Waals surface area contributed by atoms with E-state index in [-0.39, 0.29) is 10.6 Å². The highest BCUT2D eigenvalue weighted by atomic mass is 127. The number of para-hydroxylation sites is 2. The Hall–Kier alpha value is -2.30. The summed E-state index contributed by atoms with van der Waals surface area (Å²) in [5.41, 5.74) is 0.851. The number of rotatable bonds is 8. The fourth-order valence-electron chi connectivity index (χ4n) is 2.84. The van der Waals surface area contributed by atoms with E-state index in [1.54, 1.807) is 43.3 Å².